The molecule has 9 heteroatoms. The predicted octanol–water partition coefficient (Wildman–Crippen LogP) is 4.13. The van der Waals surface area contributed by atoms with Crippen LogP contribution in [0.2, 0.25) is 0 Å². The van der Waals surface area contributed by atoms with Crippen LogP contribution in [0.5, 0.6) is 0 Å². The van der Waals surface area contributed by atoms with Crippen LogP contribution in [0.25, 0.3) is 0 Å². The smallest absolute Gasteiger partial charge is 0.448 e. The first-order valence-electron chi connectivity index (χ1n) is 7.60. The van der Waals surface area contributed by atoms with Crippen molar-refractivity contribution in [3.63, 3.8) is 0 Å². The van der Waals surface area contributed by atoms with Crippen molar-refractivity contribution >= 4 is 33.9 Å². The first kappa shape index (κ1) is 23.5. The second kappa shape index (κ2) is 14.8. The van der Waals surface area contributed by atoms with Gasteiger partial charge in [0.2, 0.25) is 0 Å². The molecule has 0 aliphatic rings. The fraction of sp³-hybridized carbons (Fsp3) is 0.294. The van der Waals surface area contributed by atoms with E-state index in [4.69, 9.17) is 4.74 Å². The average molecular weight is 399 g/mol. The number of hydrogen-bond donors (Lipinski definition) is 0. The van der Waals surface area contributed by atoms with Gasteiger partial charge in [-0.2, -0.15) is 8.42 Å². The van der Waals surface area contributed by atoms with Crippen molar-refractivity contribution < 1.29 is 27.5 Å². The predicted molar refractivity (Wildman–Crippen MR) is 99.8 cm³/mol. The Balaban J connectivity index is 0.000000376. The number of nitrogens with zero attached hydrogens (tertiary/aromatic N) is 1. The van der Waals surface area contributed by atoms with Gasteiger partial charge in [0.1, 0.15) is 4.88 Å². The highest BCUT2D eigenvalue weighted by molar-refractivity contribution is 7.62. The molecule has 1 aromatic heterocycles. The van der Waals surface area contributed by atoms with Crippen LogP contribution in [0, 0.1) is 6.92 Å². The average Bonchev–Trinajstić information content (AvgIpc) is 3.04. The zero-order chi connectivity index (χ0) is 19.8. The highest BCUT2D eigenvalue weighted by Crippen LogP contribution is 2.14. The molecule has 0 saturated carbocycles. The van der Waals surface area contributed by atoms with Gasteiger partial charge in [0.25, 0.3) is 0 Å². The molecule has 1 aromatic carbocycles. The summed E-state index contributed by atoms with van der Waals surface area (Å²) in [7, 11) is -2.70. The molecular formula is C17H21NO6S2. The molecule has 2 rings (SSSR count). The zero-order valence-corrected chi connectivity index (χ0v) is 16.4. The van der Waals surface area contributed by atoms with E-state index in [1.165, 1.54) is 11.3 Å². The molecule has 0 atom stereocenters. The van der Waals surface area contributed by atoms with Crippen LogP contribution < -0.4 is 0 Å². The first-order valence-corrected chi connectivity index (χ1v) is 9.51. The molecule has 0 radical (unpaired) electrons. The third kappa shape index (κ3) is 12.8. The highest BCUT2D eigenvalue weighted by atomic mass is 32.2. The highest BCUT2D eigenvalue weighted by Gasteiger charge is 2.07. The fourth-order valence-electron chi connectivity index (χ4n) is 1.34. The summed E-state index contributed by atoms with van der Waals surface area (Å²) >= 11 is 1.42. The van der Waals surface area contributed by atoms with Crippen LogP contribution in [0.4, 0.5) is 4.79 Å². The van der Waals surface area contributed by atoms with E-state index >= 15 is 0 Å². The molecule has 7 nitrogen and oxygen atoms in total. The Morgan fingerprint density at radius 1 is 1.00 bits per heavy atom. The molecule has 142 valence electrons. The quantitative estimate of drug-likeness (QED) is 0.720. The molecule has 0 bridgehead atoms. The van der Waals surface area contributed by atoms with Crippen LogP contribution in [0.1, 0.15) is 29.1 Å². The number of thiophene rings is 1. The van der Waals surface area contributed by atoms with Crippen LogP contribution in [0.15, 0.2) is 52.2 Å². The van der Waals surface area contributed by atoms with Crippen LogP contribution in [-0.2, 0) is 20.0 Å². The van der Waals surface area contributed by atoms with E-state index in [1.54, 1.807) is 13.8 Å². The monoisotopic (exact) mass is 399 g/mol. The van der Waals surface area contributed by atoms with E-state index in [1.807, 2.05) is 54.8 Å². The third-order valence-corrected chi connectivity index (χ3v) is 3.62. The number of ether oxygens (including phenoxy) is 2. The van der Waals surface area contributed by atoms with E-state index in [2.05, 4.69) is 9.10 Å². The minimum absolute atomic E-state index is 0.125. The van der Waals surface area contributed by atoms with Gasteiger partial charge in [-0.15, -0.1) is 11.3 Å². The van der Waals surface area contributed by atoms with Crippen molar-refractivity contribution in [2.75, 3.05) is 13.2 Å². The van der Waals surface area contributed by atoms with Gasteiger partial charge in [-0.1, -0.05) is 40.8 Å². The molecule has 0 N–H and O–H groups in total. The number of esters is 1. The van der Waals surface area contributed by atoms with Gasteiger partial charge >= 0.3 is 22.6 Å². The van der Waals surface area contributed by atoms with E-state index in [-0.39, 0.29) is 12.6 Å². The summed E-state index contributed by atoms with van der Waals surface area (Å²) in [5.74, 6) is -0.217. The van der Waals surface area contributed by atoms with Gasteiger partial charge in [0, 0.05) is 0 Å². The van der Waals surface area contributed by atoms with E-state index < -0.39 is 16.6 Å². The maximum atomic E-state index is 11.0. The Bertz CT molecular complexity index is 750. The summed E-state index contributed by atoms with van der Waals surface area (Å²) in [6.07, 6.45) is -1.08. The minimum Gasteiger partial charge on any atom is -0.462 e. The number of rotatable bonds is 3. The van der Waals surface area contributed by atoms with Gasteiger partial charge in [-0.3, -0.25) is 0 Å². The van der Waals surface area contributed by atoms with Gasteiger partial charge in [0.15, 0.2) is 0 Å². The molecule has 0 saturated heterocycles. The summed E-state index contributed by atoms with van der Waals surface area (Å²) < 4.78 is 30.7. The lowest BCUT2D eigenvalue weighted by Gasteiger charge is -1.95. The van der Waals surface area contributed by atoms with Crippen LogP contribution in [-0.4, -0.2) is 33.7 Å². The molecule has 0 aliphatic heterocycles. The first-order chi connectivity index (χ1) is 12.4. The molecule has 0 spiro atoms. The lowest BCUT2D eigenvalue weighted by Crippen LogP contribution is -2.01. The van der Waals surface area contributed by atoms with E-state index in [0.29, 0.717) is 11.5 Å². The normalized spacial score (nSPS) is 8.73. The second-order valence-corrected chi connectivity index (χ2v) is 5.90. The van der Waals surface area contributed by atoms with Gasteiger partial charge in [-0.05, 0) is 37.8 Å². The Morgan fingerprint density at radius 3 is 1.85 bits per heavy atom. The number of hydrogen-bond acceptors (Lipinski definition) is 7. The standard InChI is InChI=1S/C8H10O2S.C6H6.C3H5NO4S/c1-3-10-8(9)7-4-6(2)5-11-7;1-2-4-6-5-3-1;1-2-8-3(5)4-9(6)7/h4-5H,3H2,1-2H3;1-6H;2H2,1H3. The fourth-order valence-corrected chi connectivity index (χ4v) is 2.30. The van der Waals surface area contributed by atoms with Crippen molar-refractivity contribution in [3.8, 4) is 0 Å². The molecular weight excluding hydrogens is 378 g/mol. The van der Waals surface area contributed by atoms with Crippen molar-refractivity contribution in [2.24, 2.45) is 4.36 Å². The number of benzene rings is 1. The van der Waals surface area contributed by atoms with Gasteiger partial charge in [-0.25, -0.2) is 9.59 Å². The number of carbonyl (C=O) groups is 2. The molecule has 0 unspecified atom stereocenters. The second-order valence-electron chi connectivity index (χ2n) is 4.37. The number of carbonyl (C=O) groups excluding carboxylic acids is 2. The minimum atomic E-state index is -2.70. The summed E-state index contributed by atoms with van der Waals surface area (Å²) in [4.78, 5) is 21.8. The maximum absolute atomic E-state index is 11.0. The van der Waals surface area contributed by atoms with Crippen LogP contribution in [0.3, 0.4) is 0 Å². The Labute approximate surface area is 158 Å². The Morgan fingerprint density at radius 2 is 1.50 bits per heavy atom. The van der Waals surface area contributed by atoms with Crippen molar-refractivity contribution in [2.45, 2.75) is 20.8 Å². The molecule has 0 aliphatic carbocycles. The van der Waals surface area contributed by atoms with E-state index in [9.17, 15) is 18.0 Å². The largest absolute Gasteiger partial charge is 0.462 e. The summed E-state index contributed by atoms with van der Waals surface area (Å²) in [6, 6.07) is 13.8. The van der Waals surface area contributed by atoms with Gasteiger partial charge < -0.3 is 9.47 Å². The van der Waals surface area contributed by atoms with Crippen molar-refractivity contribution in [1.29, 1.82) is 0 Å². The molecule has 26 heavy (non-hydrogen) atoms. The number of amides is 1. The molecule has 2 aromatic rings. The van der Waals surface area contributed by atoms with Crippen molar-refractivity contribution in [3.05, 3.63) is 58.3 Å². The Hall–Kier alpha value is -2.52. The Kier molecular flexibility index (Phi) is 13.4. The molecule has 0 fully saturated rings. The maximum Gasteiger partial charge on any atom is 0.448 e. The van der Waals surface area contributed by atoms with E-state index in [0.717, 1.165) is 5.56 Å². The number of aryl methyl sites for hydroxylation is 1. The zero-order valence-electron chi connectivity index (χ0n) is 14.7. The topological polar surface area (TPSA) is 99.1 Å². The lowest BCUT2D eigenvalue weighted by atomic mass is 10.3. The van der Waals surface area contributed by atoms with Crippen molar-refractivity contribution in [1.82, 2.24) is 0 Å². The van der Waals surface area contributed by atoms with Crippen LogP contribution >= 0.6 is 11.3 Å². The summed E-state index contributed by atoms with van der Waals surface area (Å²) in [6.45, 7) is 5.88. The summed E-state index contributed by atoms with van der Waals surface area (Å²) in [5, 5.41) is 1.94. The molecule has 1 amide bonds. The van der Waals surface area contributed by atoms with Gasteiger partial charge in [0.05, 0.1) is 13.2 Å². The SMILES string of the molecule is CCOC(=O)N=S(=O)=O.CCOC(=O)c1cc(C)cs1.c1ccccc1. The summed E-state index contributed by atoms with van der Waals surface area (Å²) in [5.41, 5.74) is 1.11. The lowest BCUT2D eigenvalue weighted by molar-refractivity contribution is 0.0532. The third-order valence-electron chi connectivity index (χ3n) is 2.29. The molecule has 1 heterocycles.